The quantitative estimate of drug-likeness (QED) is 0.749. The molecule has 0 spiro atoms. The van der Waals surface area contributed by atoms with Gasteiger partial charge in [-0.05, 0) is 12.5 Å². The van der Waals surface area contributed by atoms with Gasteiger partial charge in [-0.2, -0.15) is 0 Å². The van der Waals surface area contributed by atoms with E-state index in [0.717, 1.165) is 5.56 Å². The molecule has 5 heteroatoms. The third kappa shape index (κ3) is 4.45. The molecule has 0 aliphatic heterocycles. The summed E-state index contributed by atoms with van der Waals surface area (Å²) < 4.78 is 9.46. The van der Waals surface area contributed by atoms with E-state index in [-0.39, 0.29) is 6.54 Å². The highest BCUT2D eigenvalue weighted by Gasteiger charge is 2.18. The molecule has 0 radical (unpaired) electrons. The second-order valence-electron chi connectivity index (χ2n) is 3.62. The maximum atomic E-state index is 11.6. The lowest BCUT2D eigenvalue weighted by Crippen LogP contribution is -2.35. The van der Waals surface area contributed by atoms with Crippen molar-refractivity contribution >= 4 is 12.1 Å². The van der Waals surface area contributed by atoms with Crippen LogP contribution in [0.15, 0.2) is 30.3 Å². The molecule has 0 unspecified atom stereocenters. The van der Waals surface area contributed by atoms with E-state index >= 15 is 0 Å². The number of carbonyl (C=O) groups is 2. The maximum absolute atomic E-state index is 11.6. The molecule has 0 aliphatic carbocycles. The van der Waals surface area contributed by atoms with Crippen LogP contribution in [0.3, 0.4) is 0 Å². The Morgan fingerprint density at radius 3 is 2.44 bits per heavy atom. The lowest BCUT2D eigenvalue weighted by molar-refractivity contribution is -0.144. The van der Waals surface area contributed by atoms with E-state index in [4.69, 9.17) is 4.74 Å². The Morgan fingerprint density at radius 2 is 1.89 bits per heavy atom. The third-order valence-corrected chi connectivity index (χ3v) is 2.27. The first kappa shape index (κ1) is 14.0. The summed E-state index contributed by atoms with van der Waals surface area (Å²) in [4.78, 5) is 24.2. The van der Waals surface area contributed by atoms with Crippen molar-refractivity contribution < 1.29 is 19.1 Å². The summed E-state index contributed by atoms with van der Waals surface area (Å²) >= 11 is 0. The van der Waals surface area contributed by atoms with E-state index in [0.29, 0.717) is 13.2 Å². The van der Waals surface area contributed by atoms with E-state index in [1.54, 1.807) is 6.92 Å². The lowest BCUT2D eigenvalue weighted by Gasteiger charge is -2.20. The largest absolute Gasteiger partial charge is 0.465 e. The molecule has 18 heavy (non-hydrogen) atoms. The number of benzene rings is 1. The molecule has 0 aromatic heterocycles. The smallest absolute Gasteiger partial charge is 0.410 e. The van der Waals surface area contributed by atoms with Crippen molar-refractivity contribution in [2.75, 3.05) is 20.3 Å². The van der Waals surface area contributed by atoms with Crippen molar-refractivity contribution in [1.29, 1.82) is 0 Å². The molecule has 1 aromatic rings. The van der Waals surface area contributed by atoms with Gasteiger partial charge in [0.2, 0.25) is 0 Å². The van der Waals surface area contributed by atoms with Gasteiger partial charge in [0.25, 0.3) is 0 Å². The first-order valence-electron chi connectivity index (χ1n) is 5.69. The summed E-state index contributed by atoms with van der Waals surface area (Å²) in [7, 11) is 1.28. The Bertz CT molecular complexity index is 391. The molecular formula is C13H17NO4. The van der Waals surface area contributed by atoms with E-state index in [1.807, 2.05) is 30.3 Å². The van der Waals surface area contributed by atoms with Crippen LogP contribution in [0.25, 0.3) is 0 Å². The highest BCUT2D eigenvalue weighted by molar-refractivity contribution is 5.78. The third-order valence-electron chi connectivity index (χ3n) is 2.27. The van der Waals surface area contributed by atoms with Crippen LogP contribution >= 0.6 is 0 Å². The summed E-state index contributed by atoms with van der Waals surface area (Å²) in [5.74, 6) is -0.446. The van der Waals surface area contributed by atoms with Crippen molar-refractivity contribution in [3.8, 4) is 0 Å². The molecule has 0 saturated carbocycles. The fourth-order valence-corrected chi connectivity index (χ4v) is 1.48. The summed E-state index contributed by atoms with van der Waals surface area (Å²) in [6.45, 7) is 2.21. The van der Waals surface area contributed by atoms with Crippen LogP contribution in [-0.2, 0) is 20.8 Å². The Hall–Kier alpha value is -2.04. The van der Waals surface area contributed by atoms with E-state index in [2.05, 4.69) is 4.74 Å². The summed E-state index contributed by atoms with van der Waals surface area (Å²) in [6, 6.07) is 9.38. The number of amides is 1. The molecule has 0 atom stereocenters. The minimum atomic E-state index is -0.549. The van der Waals surface area contributed by atoms with Crippen LogP contribution in [-0.4, -0.2) is 37.2 Å². The van der Waals surface area contributed by atoms with E-state index in [1.165, 1.54) is 12.0 Å². The number of hydrogen-bond donors (Lipinski definition) is 0. The van der Waals surface area contributed by atoms with Gasteiger partial charge in [-0.25, -0.2) is 4.79 Å². The zero-order valence-corrected chi connectivity index (χ0v) is 10.6. The van der Waals surface area contributed by atoms with Gasteiger partial charge in [0.05, 0.1) is 13.7 Å². The lowest BCUT2D eigenvalue weighted by atomic mass is 10.2. The number of methoxy groups -OCH3 is 1. The van der Waals surface area contributed by atoms with Gasteiger partial charge in [0.15, 0.2) is 0 Å². The Kier molecular flexibility index (Phi) is 5.70. The van der Waals surface area contributed by atoms with Gasteiger partial charge in [0, 0.05) is 6.54 Å². The van der Waals surface area contributed by atoms with Crippen LogP contribution in [0, 0.1) is 0 Å². The number of rotatable bonds is 5. The van der Waals surface area contributed by atoms with Gasteiger partial charge in [-0.15, -0.1) is 0 Å². The van der Waals surface area contributed by atoms with E-state index in [9.17, 15) is 9.59 Å². The average molecular weight is 251 g/mol. The molecule has 0 aliphatic rings. The summed E-state index contributed by atoms with van der Waals surface area (Å²) in [6.07, 6.45) is -0.549. The number of nitrogens with zero attached hydrogens (tertiary/aromatic N) is 1. The van der Waals surface area contributed by atoms with Gasteiger partial charge < -0.3 is 9.47 Å². The fourth-order valence-electron chi connectivity index (χ4n) is 1.48. The fraction of sp³-hybridized carbons (Fsp3) is 0.385. The molecular weight excluding hydrogens is 234 g/mol. The second kappa shape index (κ2) is 7.32. The topological polar surface area (TPSA) is 55.8 Å². The molecule has 1 amide bonds. The van der Waals surface area contributed by atoms with Gasteiger partial charge in [0.1, 0.15) is 6.54 Å². The second-order valence-corrected chi connectivity index (χ2v) is 3.62. The summed E-state index contributed by atoms with van der Waals surface area (Å²) in [5, 5.41) is 0. The maximum Gasteiger partial charge on any atom is 0.410 e. The van der Waals surface area contributed by atoms with Crippen LogP contribution < -0.4 is 0 Å². The van der Waals surface area contributed by atoms with Crippen LogP contribution in [0.5, 0.6) is 0 Å². The molecule has 1 rings (SSSR count). The first-order valence-corrected chi connectivity index (χ1v) is 5.69. The molecule has 98 valence electrons. The first-order chi connectivity index (χ1) is 8.67. The Balaban J connectivity index is 2.67. The van der Waals surface area contributed by atoms with Crippen molar-refractivity contribution in [3.05, 3.63) is 35.9 Å². The number of hydrogen-bond acceptors (Lipinski definition) is 4. The molecule has 0 heterocycles. The van der Waals surface area contributed by atoms with Gasteiger partial charge >= 0.3 is 12.1 Å². The number of ether oxygens (including phenoxy) is 2. The van der Waals surface area contributed by atoms with Gasteiger partial charge in [-0.3, -0.25) is 9.69 Å². The van der Waals surface area contributed by atoms with Crippen LogP contribution in [0.1, 0.15) is 12.5 Å². The van der Waals surface area contributed by atoms with E-state index < -0.39 is 12.1 Å². The zero-order valence-electron chi connectivity index (χ0n) is 10.6. The van der Waals surface area contributed by atoms with Gasteiger partial charge in [-0.1, -0.05) is 30.3 Å². The number of carbonyl (C=O) groups excluding carboxylic acids is 2. The van der Waals surface area contributed by atoms with Crippen molar-refractivity contribution in [2.45, 2.75) is 13.5 Å². The normalized spacial score (nSPS) is 9.67. The van der Waals surface area contributed by atoms with Crippen LogP contribution in [0.4, 0.5) is 4.79 Å². The predicted molar refractivity (Wildman–Crippen MR) is 65.9 cm³/mol. The highest BCUT2D eigenvalue weighted by atomic mass is 16.5. The van der Waals surface area contributed by atoms with Crippen LogP contribution in [0.2, 0.25) is 0 Å². The minimum Gasteiger partial charge on any atom is -0.465 e. The SMILES string of the molecule is CCOC(=O)CN(Cc1ccccc1)C(=O)OC. The summed E-state index contributed by atoms with van der Waals surface area (Å²) in [5.41, 5.74) is 0.923. The molecule has 0 N–H and O–H groups in total. The standard InChI is InChI=1S/C13H17NO4/c1-3-18-12(15)10-14(13(16)17-2)9-11-7-5-4-6-8-11/h4-8H,3,9-10H2,1-2H3. The highest BCUT2D eigenvalue weighted by Crippen LogP contribution is 2.06. The Morgan fingerprint density at radius 1 is 1.22 bits per heavy atom. The average Bonchev–Trinajstić information content (AvgIpc) is 2.38. The Labute approximate surface area is 106 Å². The molecule has 0 saturated heterocycles. The molecule has 0 bridgehead atoms. The molecule has 0 fully saturated rings. The monoisotopic (exact) mass is 251 g/mol. The minimum absolute atomic E-state index is 0.116. The molecule has 5 nitrogen and oxygen atoms in total. The zero-order chi connectivity index (χ0) is 13.4. The predicted octanol–water partition coefficient (Wildman–Crippen LogP) is 1.82. The van der Waals surface area contributed by atoms with Crippen molar-refractivity contribution in [1.82, 2.24) is 4.90 Å². The van der Waals surface area contributed by atoms with Crippen molar-refractivity contribution in [3.63, 3.8) is 0 Å². The van der Waals surface area contributed by atoms with Crippen molar-refractivity contribution in [2.24, 2.45) is 0 Å². The molecule has 1 aromatic carbocycles. The number of esters is 1.